The van der Waals surface area contributed by atoms with Gasteiger partial charge in [-0.2, -0.15) is 24.4 Å². The van der Waals surface area contributed by atoms with E-state index in [0.29, 0.717) is 24.1 Å². The van der Waals surface area contributed by atoms with E-state index in [0.717, 1.165) is 17.9 Å². The number of methoxy groups -OCH3 is 1. The zero-order chi connectivity index (χ0) is 23.3. The fourth-order valence-corrected chi connectivity index (χ4v) is 4.34. The maximum Gasteiger partial charge on any atom is 0.328 e. The van der Waals surface area contributed by atoms with Crippen LogP contribution in [0.4, 0.5) is 0 Å². The SMILES string of the molecule is CC[C@@H](N)CS.COC(=O)[C@H](CCSC)NC(=O)[C@@H]1CSCN1C(=O)[C@@H](C)C(C)C. The molecule has 0 bridgehead atoms. The molecule has 176 valence electrons. The summed E-state index contributed by atoms with van der Waals surface area (Å²) in [6.07, 6.45) is 3.48. The number of hydrogen-bond donors (Lipinski definition) is 3. The maximum absolute atomic E-state index is 12.6. The van der Waals surface area contributed by atoms with Crippen molar-refractivity contribution < 1.29 is 19.1 Å². The lowest BCUT2D eigenvalue weighted by Crippen LogP contribution is -2.53. The maximum atomic E-state index is 12.6. The van der Waals surface area contributed by atoms with Crippen LogP contribution in [0.15, 0.2) is 0 Å². The molecular weight excluding hydrogens is 442 g/mol. The van der Waals surface area contributed by atoms with Gasteiger partial charge in [0.1, 0.15) is 12.1 Å². The zero-order valence-corrected chi connectivity index (χ0v) is 21.6. The minimum atomic E-state index is -0.667. The van der Waals surface area contributed by atoms with E-state index in [-0.39, 0.29) is 23.7 Å². The van der Waals surface area contributed by atoms with Gasteiger partial charge in [-0.3, -0.25) is 9.59 Å². The van der Waals surface area contributed by atoms with E-state index in [1.54, 1.807) is 28.4 Å². The molecule has 0 aromatic carbocycles. The predicted octanol–water partition coefficient (Wildman–Crippen LogP) is 2.24. The van der Waals surface area contributed by atoms with Crippen LogP contribution in [0.3, 0.4) is 0 Å². The number of nitrogens with zero attached hydrogens (tertiary/aromatic N) is 1. The van der Waals surface area contributed by atoms with Crippen LogP contribution in [0.25, 0.3) is 0 Å². The van der Waals surface area contributed by atoms with Crippen molar-refractivity contribution in [2.24, 2.45) is 17.6 Å². The Kier molecular flexibility index (Phi) is 15.8. The molecule has 2 amide bonds. The van der Waals surface area contributed by atoms with Crippen LogP contribution >= 0.6 is 36.2 Å². The molecule has 0 aliphatic carbocycles. The van der Waals surface area contributed by atoms with Crippen molar-refractivity contribution >= 4 is 53.9 Å². The Bertz CT molecular complexity index is 533. The molecule has 1 heterocycles. The third-order valence-corrected chi connectivity index (χ3v) is 7.15. The molecule has 30 heavy (non-hydrogen) atoms. The van der Waals surface area contributed by atoms with Gasteiger partial charge in [0.25, 0.3) is 0 Å². The smallest absolute Gasteiger partial charge is 0.328 e. The molecule has 0 saturated carbocycles. The standard InChI is InChI=1S/C16H28N2O4S2.C4H11NS/c1-10(2)11(3)15(20)18-9-24-8-13(18)14(19)17-12(6-7-23-5)16(21)22-4;1-2-4(5)3-6/h10-13H,6-9H2,1-5H3,(H,17,19);4,6H,2-3,5H2,1H3/t11-,12-,13-;4-/m01/s1. The van der Waals surface area contributed by atoms with Crippen molar-refractivity contribution in [2.75, 3.05) is 36.5 Å². The number of nitrogens with two attached hydrogens (primary N) is 1. The molecule has 0 aromatic heterocycles. The van der Waals surface area contributed by atoms with Gasteiger partial charge in [0.15, 0.2) is 0 Å². The predicted molar refractivity (Wildman–Crippen MR) is 131 cm³/mol. The van der Waals surface area contributed by atoms with Crippen molar-refractivity contribution in [3.8, 4) is 0 Å². The van der Waals surface area contributed by atoms with Crippen LogP contribution in [-0.2, 0) is 19.1 Å². The van der Waals surface area contributed by atoms with E-state index in [1.165, 1.54) is 7.11 Å². The highest BCUT2D eigenvalue weighted by Crippen LogP contribution is 2.25. The Morgan fingerprint density at radius 1 is 1.33 bits per heavy atom. The number of rotatable bonds is 10. The first-order chi connectivity index (χ1) is 14.1. The van der Waals surface area contributed by atoms with Gasteiger partial charge in [0, 0.05) is 23.5 Å². The van der Waals surface area contributed by atoms with E-state index < -0.39 is 18.1 Å². The Hall–Kier alpha value is -0.580. The monoisotopic (exact) mass is 481 g/mol. The second-order valence-corrected chi connectivity index (χ2v) is 9.92. The highest BCUT2D eigenvalue weighted by Gasteiger charge is 2.38. The second-order valence-electron chi connectivity index (χ2n) is 7.57. The molecule has 1 saturated heterocycles. The molecule has 1 rings (SSSR count). The molecule has 1 aliphatic rings. The van der Waals surface area contributed by atoms with E-state index in [9.17, 15) is 14.4 Å². The van der Waals surface area contributed by atoms with Gasteiger partial charge in [-0.05, 0) is 30.8 Å². The number of thiol groups is 1. The van der Waals surface area contributed by atoms with Crippen LogP contribution in [0.5, 0.6) is 0 Å². The fraction of sp³-hybridized carbons (Fsp3) is 0.850. The van der Waals surface area contributed by atoms with E-state index in [1.807, 2.05) is 27.0 Å². The lowest BCUT2D eigenvalue weighted by Gasteiger charge is -2.28. The van der Waals surface area contributed by atoms with Crippen molar-refractivity contribution in [1.82, 2.24) is 10.2 Å². The first kappa shape index (κ1) is 29.4. The summed E-state index contributed by atoms with van der Waals surface area (Å²) in [7, 11) is 1.31. The van der Waals surface area contributed by atoms with Crippen LogP contribution in [0, 0.1) is 11.8 Å². The first-order valence-corrected chi connectivity index (χ1v) is 13.4. The fourth-order valence-electron chi connectivity index (χ4n) is 2.45. The summed E-state index contributed by atoms with van der Waals surface area (Å²) in [5, 5.41) is 2.76. The minimum absolute atomic E-state index is 0.00566. The molecule has 0 spiro atoms. The van der Waals surface area contributed by atoms with Crippen LogP contribution in [0.2, 0.25) is 0 Å². The van der Waals surface area contributed by atoms with Crippen molar-refractivity contribution in [3.05, 3.63) is 0 Å². The van der Waals surface area contributed by atoms with Crippen LogP contribution in [-0.4, -0.2) is 77.3 Å². The van der Waals surface area contributed by atoms with Gasteiger partial charge in [0.2, 0.25) is 11.8 Å². The lowest BCUT2D eigenvalue weighted by molar-refractivity contribution is -0.146. The quantitative estimate of drug-likeness (QED) is 0.325. The first-order valence-electron chi connectivity index (χ1n) is 10.3. The zero-order valence-electron chi connectivity index (χ0n) is 19.1. The summed E-state index contributed by atoms with van der Waals surface area (Å²) in [6.45, 7) is 7.94. The van der Waals surface area contributed by atoms with Gasteiger partial charge >= 0.3 is 5.97 Å². The lowest BCUT2D eigenvalue weighted by atomic mass is 9.96. The summed E-state index contributed by atoms with van der Waals surface area (Å²) in [6, 6.07) is -0.890. The van der Waals surface area contributed by atoms with Crippen molar-refractivity contribution in [2.45, 2.75) is 58.7 Å². The number of carbonyl (C=O) groups is 3. The molecule has 1 aliphatic heterocycles. The highest BCUT2D eigenvalue weighted by molar-refractivity contribution is 7.99. The van der Waals surface area contributed by atoms with Gasteiger partial charge in [-0.15, -0.1) is 11.8 Å². The number of amides is 2. The molecule has 0 radical (unpaired) electrons. The van der Waals surface area contributed by atoms with E-state index in [4.69, 9.17) is 10.5 Å². The summed E-state index contributed by atoms with van der Waals surface area (Å²) in [4.78, 5) is 38.7. The van der Waals surface area contributed by atoms with Gasteiger partial charge in [0.05, 0.1) is 13.0 Å². The third kappa shape index (κ3) is 10.2. The molecule has 4 atom stereocenters. The van der Waals surface area contributed by atoms with Gasteiger partial charge < -0.3 is 20.7 Å². The van der Waals surface area contributed by atoms with Crippen molar-refractivity contribution in [3.63, 3.8) is 0 Å². The van der Waals surface area contributed by atoms with Crippen LogP contribution < -0.4 is 11.1 Å². The Morgan fingerprint density at radius 3 is 2.40 bits per heavy atom. The number of carbonyl (C=O) groups excluding carboxylic acids is 3. The number of thioether (sulfide) groups is 2. The normalized spacial score (nSPS) is 18.8. The van der Waals surface area contributed by atoms with Gasteiger partial charge in [-0.25, -0.2) is 4.79 Å². The molecule has 0 unspecified atom stereocenters. The van der Waals surface area contributed by atoms with E-state index >= 15 is 0 Å². The number of ether oxygens (including phenoxy) is 1. The Morgan fingerprint density at radius 2 is 1.97 bits per heavy atom. The molecule has 7 nitrogen and oxygen atoms in total. The largest absolute Gasteiger partial charge is 0.467 e. The minimum Gasteiger partial charge on any atom is -0.467 e. The van der Waals surface area contributed by atoms with E-state index in [2.05, 4.69) is 24.9 Å². The summed E-state index contributed by atoms with van der Waals surface area (Å²) in [5.41, 5.74) is 5.40. The molecule has 1 fully saturated rings. The van der Waals surface area contributed by atoms with Crippen molar-refractivity contribution in [1.29, 1.82) is 0 Å². The third-order valence-electron chi connectivity index (χ3n) is 5.03. The highest BCUT2D eigenvalue weighted by atomic mass is 32.2. The summed E-state index contributed by atoms with van der Waals surface area (Å²) >= 11 is 7.13. The molecule has 0 aromatic rings. The number of nitrogens with one attached hydrogen (secondary N) is 1. The molecular formula is C20H39N3O4S3. The topological polar surface area (TPSA) is 102 Å². The Balaban J connectivity index is 0.00000122. The second kappa shape index (κ2) is 16.1. The Labute approximate surface area is 195 Å². The average Bonchev–Trinajstić information content (AvgIpc) is 3.24. The number of hydrogen-bond acceptors (Lipinski definition) is 8. The average molecular weight is 482 g/mol. The summed E-state index contributed by atoms with van der Waals surface area (Å²) in [5.74, 6) is 1.97. The number of esters is 1. The van der Waals surface area contributed by atoms with Gasteiger partial charge in [-0.1, -0.05) is 27.7 Å². The molecule has 3 N–H and O–H groups in total. The summed E-state index contributed by atoms with van der Waals surface area (Å²) < 4.78 is 4.77. The molecule has 10 heteroatoms. The van der Waals surface area contributed by atoms with Crippen LogP contribution in [0.1, 0.15) is 40.5 Å².